The van der Waals surface area contributed by atoms with Crippen molar-refractivity contribution >= 4 is 5.97 Å². The summed E-state index contributed by atoms with van der Waals surface area (Å²) in [4.78, 5) is 19.4. The van der Waals surface area contributed by atoms with Gasteiger partial charge in [-0.25, -0.2) is 0 Å². The summed E-state index contributed by atoms with van der Waals surface area (Å²) in [5, 5.41) is 11.3. The number of aromatic nitrogens is 1. The molecule has 0 saturated carbocycles. The number of hydrogen-bond donors (Lipinski definition) is 1. The third-order valence-electron chi connectivity index (χ3n) is 4.63. The number of nitrogens with zero attached hydrogens (tertiary/aromatic N) is 2. The maximum atomic E-state index is 13.2. The molecule has 6 nitrogen and oxygen atoms in total. The van der Waals surface area contributed by atoms with Crippen molar-refractivity contribution in [1.82, 2.24) is 9.88 Å². The first kappa shape index (κ1) is 20.9. The molecule has 0 spiro atoms. The maximum absolute atomic E-state index is 13.2. The third-order valence-corrected chi connectivity index (χ3v) is 4.63. The molecule has 1 N–H and O–H groups in total. The van der Waals surface area contributed by atoms with Gasteiger partial charge in [-0.15, -0.1) is 0 Å². The summed E-state index contributed by atoms with van der Waals surface area (Å²) in [5.41, 5.74) is -0.178. The molecule has 2 unspecified atom stereocenters. The average Bonchev–Trinajstić information content (AvgIpc) is 2.69. The highest BCUT2D eigenvalue weighted by Gasteiger charge is 2.49. The quantitative estimate of drug-likeness (QED) is 0.682. The Bertz CT molecular complexity index is 719. The Hall–Kier alpha value is -2.44. The molecule has 0 saturated heterocycles. The van der Waals surface area contributed by atoms with Crippen molar-refractivity contribution in [2.45, 2.75) is 24.9 Å². The van der Waals surface area contributed by atoms with Crippen LogP contribution in [-0.4, -0.2) is 55.3 Å². The molecule has 27 heavy (non-hydrogen) atoms. The first-order valence-corrected chi connectivity index (χ1v) is 9.01. The van der Waals surface area contributed by atoms with E-state index in [1.54, 1.807) is 62.7 Å². The number of methoxy groups -OCH3 is 1. The minimum atomic E-state index is -1.28. The highest BCUT2D eigenvalue weighted by molar-refractivity contribution is 5.84. The smallest absolute Gasteiger partial charge is 0.319 e. The van der Waals surface area contributed by atoms with Crippen LogP contribution in [0, 0.1) is 0 Å². The zero-order valence-corrected chi connectivity index (χ0v) is 16.4. The number of carbonyl (C=O) groups excluding carboxylic acids is 1. The molecule has 0 aliphatic heterocycles. The Labute approximate surface area is 160 Å². The lowest BCUT2D eigenvalue weighted by atomic mass is 9.71. The minimum absolute atomic E-state index is 0.230. The molecule has 2 atom stereocenters. The predicted octanol–water partition coefficient (Wildman–Crippen LogP) is 2.58. The van der Waals surface area contributed by atoms with Gasteiger partial charge in [0, 0.05) is 6.20 Å². The van der Waals surface area contributed by atoms with Crippen LogP contribution in [0.1, 0.15) is 30.7 Å². The fourth-order valence-electron chi connectivity index (χ4n) is 3.11. The summed E-state index contributed by atoms with van der Waals surface area (Å²) in [6, 6.07) is 12.5. The van der Waals surface area contributed by atoms with Gasteiger partial charge in [0.1, 0.15) is 17.3 Å². The number of benzene rings is 1. The van der Waals surface area contributed by atoms with Crippen molar-refractivity contribution in [1.29, 1.82) is 0 Å². The molecular weight excluding hydrogens is 344 g/mol. The molecule has 0 bridgehead atoms. The second-order valence-electron chi connectivity index (χ2n) is 6.63. The summed E-state index contributed by atoms with van der Waals surface area (Å²) in [7, 11) is 5.44. The van der Waals surface area contributed by atoms with Crippen LogP contribution in [0.3, 0.4) is 0 Å². The SMILES string of the molecule is CCOC(=O)C(CCN(C)C)(c1ccc(OC)cc1)C(O)c1ccccn1. The number of carbonyl (C=O) groups is 1. The van der Waals surface area contributed by atoms with Gasteiger partial charge in [0.05, 0.1) is 19.4 Å². The number of rotatable bonds is 9. The summed E-state index contributed by atoms with van der Waals surface area (Å²) < 4.78 is 10.7. The van der Waals surface area contributed by atoms with Crippen LogP contribution in [0.2, 0.25) is 0 Å². The zero-order valence-electron chi connectivity index (χ0n) is 16.4. The van der Waals surface area contributed by atoms with E-state index in [1.807, 2.05) is 19.0 Å². The molecule has 0 radical (unpaired) electrons. The number of aliphatic hydroxyl groups is 1. The number of hydrogen-bond acceptors (Lipinski definition) is 6. The third kappa shape index (κ3) is 4.64. The lowest BCUT2D eigenvalue weighted by molar-refractivity contribution is -0.156. The molecule has 1 aromatic heterocycles. The monoisotopic (exact) mass is 372 g/mol. The second-order valence-corrected chi connectivity index (χ2v) is 6.63. The van der Waals surface area contributed by atoms with E-state index in [2.05, 4.69) is 4.98 Å². The summed E-state index contributed by atoms with van der Waals surface area (Å²) >= 11 is 0. The molecule has 0 aliphatic rings. The molecule has 1 heterocycles. The number of esters is 1. The van der Waals surface area contributed by atoms with E-state index < -0.39 is 17.5 Å². The van der Waals surface area contributed by atoms with E-state index >= 15 is 0 Å². The van der Waals surface area contributed by atoms with Crippen LogP contribution in [0.15, 0.2) is 48.7 Å². The Balaban J connectivity index is 2.61. The van der Waals surface area contributed by atoms with Gasteiger partial charge in [0.2, 0.25) is 0 Å². The van der Waals surface area contributed by atoms with E-state index in [-0.39, 0.29) is 6.61 Å². The lowest BCUT2D eigenvalue weighted by Crippen LogP contribution is -2.45. The van der Waals surface area contributed by atoms with Gasteiger partial charge in [-0.1, -0.05) is 18.2 Å². The maximum Gasteiger partial charge on any atom is 0.319 e. The highest BCUT2D eigenvalue weighted by Crippen LogP contribution is 2.42. The van der Waals surface area contributed by atoms with Crippen LogP contribution in [0.5, 0.6) is 5.75 Å². The summed E-state index contributed by atoms with van der Waals surface area (Å²) in [6.45, 7) is 2.58. The van der Waals surface area contributed by atoms with E-state index in [4.69, 9.17) is 9.47 Å². The largest absolute Gasteiger partial charge is 0.497 e. The van der Waals surface area contributed by atoms with Crippen molar-refractivity contribution in [2.75, 3.05) is 34.4 Å². The van der Waals surface area contributed by atoms with E-state index in [9.17, 15) is 9.90 Å². The molecule has 2 aromatic rings. The number of aliphatic hydroxyl groups excluding tert-OH is 1. The molecular formula is C21H28N2O4. The van der Waals surface area contributed by atoms with Gasteiger partial charge >= 0.3 is 5.97 Å². The fourth-order valence-corrected chi connectivity index (χ4v) is 3.11. The van der Waals surface area contributed by atoms with Gasteiger partial charge < -0.3 is 19.5 Å². The molecule has 2 rings (SSSR count). The molecule has 6 heteroatoms. The Morgan fingerprint density at radius 2 is 1.93 bits per heavy atom. The van der Waals surface area contributed by atoms with Crippen molar-refractivity contribution in [3.8, 4) is 5.75 Å². The molecule has 0 aliphatic carbocycles. The highest BCUT2D eigenvalue weighted by atomic mass is 16.5. The predicted molar refractivity (Wildman–Crippen MR) is 104 cm³/mol. The molecule has 0 fully saturated rings. The summed E-state index contributed by atoms with van der Waals surface area (Å²) in [6.07, 6.45) is 0.836. The van der Waals surface area contributed by atoms with Gasteiger partial charge in [0.15, 0.2) is 0 Å². The molecule has 146 valence electrons. The fraction of sp³-hybridized carbons (Fsp3) is 0.429. The van der Waals surface area contributed by atoms with Gasteiger partial charge in [-0.2, -0.15) is 0 Å². The van der Waals surface area contributed by atoms with E-state index in [1.165, 1.54) is 0 Å². The van der Waals surface area contributed by atoms with Crippen LogP contribution in [0.25, 0.3) is 0 Å². The minimum Gasteiger partial charge on any atom is -0.497 e. The van der Waals surface area contributed by atoms with E-state index in [0.717, 1.165) is 0 Å². The van der Waals surface area contributed by atoms with Crippen molar-refractivity contribution in [3.63, 3.8) is 0 Å². The Morgan fingerprint density at radius 1 is 1.22 bits per heavy atom. The Morgan fingerprint density at radius 3 is 2.44 bits per heavy atom. The van der Waals surface area contributed by atoms with Gasteiger partial charge in [-0.3, -0.25) is 9.78 Å². The van der Waals surface area contributed by atoms with Crippen molar-refractivity contribution in [3.05, 3.63) is 59.9 Å². The zero-order chi connectivity index (χ0) is 19.9. The number of pyridine rings is 1. The van der Waals surface area contributed by atoms with Crippen LogP contribution < -0.4 is 4.74 Å². The molecule has 0 amide bonds. The lowest BCUT2D eigenvalue weighted by Gasteiger charge is -2.37. The average molecular weight is 372 g/mol. The van der Waals surface area contributed by atoms with E-state index in [0.29, 0.717) is 30.0 Å². The standard InChI is InChI=1S/C21H28N2O4/c1-5-27-20(25)21(13-15-23(2)3,16-9-11-17(26-4)12-10-16)19(24)18-8-6-7-14-22-18/h6-12,14,19,24H,5,13,15H2,1-4H3. The Kier molecular flexibility index (Phi) is 7.33. The second kappa shape index (κ2) is 9.48. The summed E-state index contributed by atoms with van der Waals surface area (Å²) in [5.74, 6) is 0.214. The first-order valence-electron chi connectivity index (χ1n) is 9.01. The van der Waals surface area contributed by atoms with Crippen molar-refractivity contribution in [2.24, 2.45) is 0 Å². The van der Waals surface area contributed by atoms with Crippen LogP contribution in [-0.2, 0) is 14.9 Å². The molecule has 1 aromatic carbocycles. The van der Waals surface area contributed by atoms with Crippen LogP contribution in [0.4, 0.5) is 0 Å². The van der Waals surface area contributed by atoms with Crippen LogP contribution >= 0.6 is 0 Å². The normalized spacial score (nSPS) is 14.4. The first-order chi connectivity index (χ1) is 13.0. The topological polar surface area (TPSA) is 71.9 Å². The number of ether oxygens (including phenoxy) is 2. The van der Waals surface area contributed by atoms with Gasteiger partial charge in [0.25, 0.3) is 0 Å². The van der Waals surface area contributed by atoms with Gasteiger partial charge in [-0.05, 0) is 63.8 Å². The van der Waals surface area contributed by atoms with Crippen molar-refractivity contribution < 1.29 is 19.4 Å².